The molecule has 116 valence electrons. The number of rotatable bonds is 6. The predicted molar refractivity (Wildman–Crippen MR) is 71.5 cm³/mol. The first-order valence-corrected chi connectivity index (χ1v) is 7.18. The largest absolute Gasteiger partial charge is 0.395 e. The molecule has 2 unspecified atom stereocenters. The van der Waals surface area contributed by atoms with Crippen LogP contribution in [0.15, 0.2) is 0 Å². The highest BCUT2D eigenvalue weighted by molar-refractivity contribution is 5.88. The van der Waals surface area contributed by atoms with Crippen molar-refractivity contribution in [2.75, 3.05) is 65.7 Å². The van der Waals surface area contributed by atoms with Gasteiger partial charge in [-0.15, -0.1) is 0 Å². The zero-order chi connectivity index (χ0) is 14.4. The number of ketones is 1. The molecule has 2 saturated heterocycles. The number of morpholine rings is 2. The molecule has 2 heterocycles. The molecule has 0 aliphatic carbocycles. The van der Waals surface area contributed by atoms with Crippen molar-refractivity contribution in [3.05, 3.63) is 0 Å². The van der Waals surface area contributed by atoms with Crippen molar-refractivity contribution >= 4 is 5.78 Å². The van der Waals surface area contributed by atoms with E-state index in [1.807, 2.05) is 9.80 Å². The third-order valence-corrected chi connectivity index (χ3v) is 3.77. The number of β-amino-alcohol motifs (C(OH)–C–C–N with tert-alkyl or cyclic N) is 2. The lowest BCUT2D eigenvalue weighted by Crippen LogP contribution is -2.54. The molecular weight excluding hydrogens is 264 g/mol. The molecule has 2 atom stereocenters. The average Bonchev–Trinajstić information content (AvgIpc) is 2.48. The molecule has 0 radical (unpaired) electrons. The summed E-state index contributed by atoms with van der Waals surface area (Å²) >= 11 is 0. The van der Waals surface area contributed by atoms with Crippen molar-refractivity contribution in [1.82, 2.24) is 9.80 Å². The summed E-state index contributed by atoms with van der Waals surface area (Å²) < 4.78 is 11.1. The van der Waals surface area contributed by atoms with E-state index in [4.69, 9.17) is 19.7 Å². The fourth-order valence-corrected chi connectivity index (χ4v) is 2.65. The van der Waals surface area contributed by atoms with Crippen LogP contribution in [0.2, 0.25) is 0 Å². The summed E-state index contributed by atoms with van der Waals surface area (Å²) in [4.78, 5) is 16.5. The number of ether oxygens (including phenoxy) is 2. The second kappa shape index (κ2) is 8.02. The van der Waals surface area contributed by atoms with Gasteiger partial charge in [-0.05, 0) is 0 Å². The third-order valence-electron chi connectivity index (χ3n) is 3.77. The van der Waals surface area contributed by atoms with E-state index in [2.05, 4.69) is 0 Å². The Morgan fingerprint density at radius 2 is 1.40 bits per heavy atom. The molecular formula is C13H24N2O5. The number of aliphatic hydroxyl groups excluding tert-OH is 2. The number of nitrogens with zero attached hydrogens (tertiary/aromatic N) is 2. The summed E-state index contributed by atoms with van der Waals surface area (Å²) in [6.07, 6.45) is -0.955. The van der Waals surface area contributed by atoms with Crippen molar-refractivity contribution in [3.63, 3.8) is 0 Å². The monoisotopic (exact) mass is 288 g/mol. The van der Waals surface area contributed by atoms with Crippen molar-refractivity contribution in [2.45, 2.75) is 12.2 Å². The molecule has 2 aliphatic heterocycles. The van der Waals surface area contributed by atoms with Crippen LogP contribution in [0.3, 0.4) is 0 Å². The number of carbonyl (C=O) groups is 1. The van der Waals surface area contributed by atoms with Crippen molar-refractivity contribution in [3.8, 4) is 0 Å². The standard InChI is InChI=1S/C13H24N2O5/c16-5-1-14-3-7-19-11(9-14)13(18)12-10-15(2-6-17)4-8-20-12/h11-12,16-17H,1-10H2. The maximum Gasteiger partial charge on any atom is 0.192 e. The molecule has 2 N–H and O–H groups in total. The molecule has 0 aromatic rings. The molecule has 0 amide bonds. The Bertz CT molecular complexity index is 283. The van der Waals surface area contributed by atoms with Crippen LogP contribution in [-0.2, 0) is 14.3 Å². The summed E-state index contributed by atoms with van der Waals surface area (Å²) in [5, 5.41) is 17.9. The van der Waals surface area contributed by atoms with E-state index in [1.165, 1.54) is 0 Å². The number of carbonyl (C=O) groups excluding carboxylic acids is 1. The fourth-order valence-electron chi connectivity index (χ4n) is 2.65. The summed E-state index contributed by atoms with van der Waals surface area (Å²) in [6.45, 7) is 4.82. The summed E-state index contributed by atoms with van der Waals surface area (Å²) in [7, 11) is 0. The molecule has 7 nitrogen and oxygen atoms in total. The van der Waals surface area contributed by atoms with E-state index in [1.54, 1.807) is 0 Å². The van der Waals surface area contributed by atoms with E-state index < -0.39 is 12.2 Å². The van der Waals surface area contributed by atoms with Crippen LogP contribution < -0.4 is 0 Å². The van der Waals surface area contributed by atoms with Gasteiger partial charge in [-0.1, -0.05) is 0 Å². The molecule has 20 heavy (non-hydrogen) atoms. The minimum Gasteiger partial charge on any atom is -0.395 e. The Balaban J connectivity index is 1.86. The van der Waals surface area contributed by atoms with Crippen LogP contribution in [0.25, 0.3) is 0 Å². The van der Waals surface area contributed by atoms with E-state index in [9.17, 15) is 4.79 Å². The highest BCUT2D eigenvalue weighted by Gasteiger charge is 2.34. The van der Waals surface area contributed by atoms with Gasteiger partial charge >= 0.3 is 0 Å². The fraction of sp³-hybridized carbons (Fsp3) is 0.923. The maximum absolute atomic E-state index is 12.4. The second-order valence-electron chi connectivity index (χ2n) is 5.17. The second-order valence-corrected chi connectivity index (χ2v) is 5.17. The molecule has 2 aliphatic rings. The first-order valence-electron chi connectivity index (χ1n) is 7.18. The average molecular weight is 288 g/mol. The van der Waals surface area contributed by atoms with Crippen molar-refractivity contribution < 1.29 is 24.5 Å². The summed E-state index contributed by atoms with van der Waals surface area (Å²) in [5.41, 5.74) is 0. The van der Waals surface area contributed by atoms with Gasteiger partial charge in [-0.3, -0.25) is 14.6 Å². The quantitative estimate of drug-likeness (QED) is 0.581. The Morgan fingerprint density at radius 3 is 1.80 bits per heavy atom. The van der Waals surface area contributed by atoms with Gasteiger partial charge in [0.05, 0.1) is 26.4 Å². The smallest absolute Gasteiger partial charge is 0.192 e. The number of aliphatic hydroxyl groups is 2. The SMILES string of the molecule is O=C(C1CN(CCO)CCO1)C1CN(CCO)CCO1. The first-order chi connectivity index (χ1) is 9.74. The Hall–Kier alpha value is -0.570. The van der Waals surface area contributed by atoms with Gasteiger partial charge in [0, 0.05) is 39.3 Å². The Kier molecular flexibility index (Phi) is 6.34. The van der Waals surface area contributed by atoms with E-state index in [0.29, 0.717) is 39.4 Å². The zero-order valence-corrected chi connectivity index (χ0v) is 11.7. The van der Waals surface area contributed by atoms with Crippen LogP contribution in [0.5, 0.6) is 0 Å². The molecule has 0 aromatic heterocycles. The predicted octanol–water partition coefficient (Wildman–Crippen LogP) is -2.06. The molecule has 0 saturated carbocycles. The van der Waals surface area contributed by atoms with Crippen LogP contribution in [0.1, 0.15) is 0 Å². The Morgan fingerprint density at radius 1 is 0.950 bits per heavy atom. The number of hydrogen-bond donors (Lipinski definition) is 2. The van der Waals surface area contributed by atoms with Crippen molar-refractivity contribution in [2.24, 2.45) is 0 Å². The first kappa shape index (κ1) is 15.8. The van der Waals surface area contributed by atoms with Gasteiger partial charge in [0.25, 0.3) is 0 Å². The normalized spacial score (nSPS) is 29.5. The van der Waals surface area contributed by atoms with Gasteiger partial charge in [-0.25, -0.2) is 0 Å². The summed E-state index contributed by atoms with van der Waals surface area (Å²) in [6, 6.07) is 0. The molecule has 7 heteroatoms. The van der Waals surface area contributed by atoms with Crippen LogP contribution in [0, 0.1) is 0 Å². The van der Waals surface area contributed by atoms with E-state index in [-0.39, 0.29) is 19.0 Å². The lowest BCUT2D eigenvalue weighted by Gasteiger charge is -2.36. The van der Waals surface area contributed by atoms with Gasteiger partial charge in [0.1, 0.15) is 12.2 Å². The van der Waals surface area contributed by atoms with Gasteiger partial charge < -0.3 is 19.7 Å². The van der Waals surface area contributed by atoms with Crippen LogP contribution in [-0.4, -0.2) is 104 Å². The molecule has 2 rings (SSSR count). The van der Waals surface area contributed by atoms with Crippen molar-refractivity contribution in [1.29, 1.82) is 0 Å². The highest BCUT2D eigenvalue weighted by atomic mass is 16.5. The summed E-state index contributed by atoms with van der Waals surface area (Å²) in [5.74, 6) is -0.0321. The van der Waals surface area contributed by atoms with Gasteiger partial charge in [-0.2, -0.15) is 0 Å². The molecule has 0 spiro atoms. The molecule has 0 bridgehead atoms. The molecule has 0 aromatic carbocycles. The highest BCUT2D eigenvalue weighted by Crippen LogP contribution is 2.13. The molecule has 2 fully saturated rings. The van der Waals surface area contributed by atoms with Gasteiger partial charge in [0.2, 0.25) is 0 Å². The maximum atomic E-state index is 12.4. The third kappa shape index (κ3) is 4.21. The minimum absolute atomic E-state index is 0.0321. The van der Waals surface area contributed by atoms with Crippen LogP contribution in [0.4, 0.5) is 0 Å². The number of hydrogen-bond acceptors (Lipinski definition) is 7. The van der Waals surface area contributed by atoms with Gasteiger partial charge in [0.15, 0.2) is 5.78 Å². The topological polar surface area (TPSA) is 82.5 Å². The number of Topliss-reactive ketones (excluding diaryl/α,β-unsaturated/α-hetero) is 1. The minimum atomic E-state index is -0.477. The van der Waals surface area contributed by atoms with E-state index in [0.717, 1.165) is 13.1 Å². The van der Waals surface area contributed by atoms with E-state index >= 15 is 0 Å². The van der Waals surface area contributed by atoms with Crippen LogP contribution >= 0.6 is 0 Å². The lowest BCUT2D eigenvalue weighted by atomic mass is 10.1. The Labute approximate surface area is 119 Å². The zero-order valence-electron chi connectivity index (χ0n) is 11.7. The lowest BCUT2D eigenvalue weighted by molar-refractivity contribution is -0.153.